The van der Waals surface area contributed by atoms with Gasteiger partial charge in [0.15, 0.2) is 0 Å². The fourth-order valence-electron chi connectivity index (χ4n) is 2.22. The molecule has 0 aliphatic carbocycles. The van der Waals surface area contributed by atoms with Gasteiger partial charge in [-0.2, -0.15) is 0 Å². The third-order valence-corrected chi connectivity index (χ3v) is 2.87. The van der Waals surface area contributed by atoms with Crippen molar-refractivity contribution < 1.29 is 0 Å². The smallest absolute Gasteiger partial charge is 0.0300 e. The molecule has 2 rings (SSSR count). The molecule has 0 aromatic heterocycles. The molecule has 84 valence electrons. The third kappa shape index (κ3) is 2.25. The van der Waals surface area contributed by atoms with Crippen molar-refractivity contribution in [1.82, 2.24) is 5.32 Å². The minimum atomic E-state index is 0.395. The first kappa shape index (κ1) is 11.2. The van der Waals surface area contributed by atoms with Crippen molar-refractivity contribution in [3.05, 3.63) is 48.0 Å². The first-order valence-electron chi connectivity index (χ1n) is 5.92. The van der Waals surface area contributed by atoms with Crippen LogP contribution in [0.1, 0.15) is 32.4 Å². The SMILES string of the molecule is CC(C)N[C@H](C)c1cccc2ccccc12. The molecule has 16 heavy (non-hydrogen) atoms. The van der Waals surface area contributed by atoms with E-state index in [1.54, 1.807) is 0 Å². The molecule has 0 fully saturated rings. The summed E-state index contributed by atoms with van der Waals surface area (Å²) in [6.45, 7) is 6.59. The van der Waals surface area contributed by atoms with Gasteiger partial charge in [0.2, 0.25) is 0 Å². The van der Waals surface area contributed by atoms with E-state index in [4.69, 9.17) is 0 Å². The second-order valence-corrected chi connectivity index (χ2v) is 4.61. The second kappa shape index (κ2) is 4.67. The van der Waals surface area contributed by atoms with Gasteiger partial charge in [0.05, 0.1) is 0 Å². The predicted molar refractivity (Wildman–Crippen MR) is 70.6 cm³/mol. The fourth-order valence-corrected chi connectivity index (χ4v) is 2.22. The van der Waals surface area contributed by atoms with E-state index in [2.05, 4.69) is 68.6 Å². The maximum Gasteiger partial charge on any atom is 0.0300 e. The Kier molecular flexibility index (Phi) is 3.25. The van der Waals surface area contributed by atoms with E-state index in [0.717, 1.165) is 0 Å². The van der Waals surface area contributed by atoms with Gasteiger partial charge < -0.3 is 5.32 Å². The Morgan fingerprint density at radius 3 is 2.31 bits per heavy atom. The molecule has 0 saturated heterocycles. The van der Waals surface area contributed by atoms with Crippen LogP contribution in [0.25, 0.3) is 10.8 Å². The number of hydrogen-bond acceptors (Lipinski definition) is 1. The molecule has 0 heterocycles. The summed E-state index contributed by atoms with van der Waals surface area (Å²) in [5.74, 6) is 0. The van der Waals surface area contributed by atoms with Crippen LogP contribution in [0.2, 0.25) is 0 Å². The average Bonchev–Trinajstić information content (AvgIpc) is 2.27. The zero-order valence-corrected chi connectivity index (χ0v) is 10.2. The van der Waals surface area contributed by atoms with Crippen LogP contribution in [0.3, 0.4) is 0 Å². The number of hydrogen-bond donors (Lipinski definition) is 1. The van der Waals surface area contributed by atoms with Gasteiger partial charge >= 0.3 is 0 Å². The van der Waals surface area contributed by atoms with Gasteiger partial charge in [-0.15, -0.1) is 0 Å². The molecule has 0 saturated carbocycles. The quantitative estimate of drug-likeness (QED) is 0.815. The zero-order chi connectivity index (χ0) is 11.5. The Morgan fingerprint density at radius 2 is 1.56 bits per heavy atom. The molecule has 1 nitrogen and oxygen atoms in total. The lowest BCUT2D eigenvalue weighted by Gasteiger charge is -2.19. The van der Waals surface area contributed by atoms with Crippen molar-refractivity contribution in [2.24, 2.45) is 0 Å². The maximum absolute atomic E-state index is 3.55. The van der Waals surface area contributed by atoms with Gasteiger partial charge in [0, 0.05) is 12.1 Å². The van der Waals surface area contributed by atoms with Crippen LogP contribution >= 0.6 is 0 Å². The van der Waals surface area contributed by atoms with Crippen LogP contribution in [0.5, 0.6) is 0 Å². The summed E-state index contributed by atoms with van der Waals surface area (Å²) in [4.78, 5) is 0. The van der Waals surface area contributed by atoms with Gasteiger partial charge in [-0.25, -0.2) is 0 Å². The van der Waals surface area contributed by atoms with E-state index in [1.807, 2.05) is 0 Å². The molecule has 2 aromatic rings. The van der Waals surface area contributed by atoms with Gasteiger partial charge in [0.1, 0.15) is 0 Å². The molecule has 0 bridgehead atoms. The van der Waals surface area contributed by atoms with E-state index in [9.17, 15) is 0 Å². The van der Waals surface area contributed by atoms with Crippen molar-refractivity contribution in [3.8, 4) is 0 Å². The van der Waals surface area contributed by atoms with Crippen molar-refractivity contribution in [1.29, 1.82) is 0 Å². The minimum Gasteiger partial charge on any atom is -0.308 e. The molecule has 0 aliphatic heterocycles. The second-order valence-electron chi connectivity index (χ2n) is 4.61. The lowest BCUT2D eigenvalue weighted by atomic mass is 9.99. The summed E-state index contributed by atoms with van der Waals surface area (Å²) >= 11 is 0. The van der Waals surface area contributed by atoms with Gasteiger partial charge in [-0.05, 0) is 23.3 Å². The van der Waals surface area contributed by atoms with Crippen molar-refractivity contribution in [3.63, 3.8) is 0 Å². The highest BCUT2D eigenvalue weighted by molar-refractivity contribution is 5.86. The first-order valence-corrected chi connectivity index (χ1v) is 5.92. The number of fused-ring (bicyclic) bond motifs is 1. The standard InChI is InChI=1S/C15H19N/c1-11(2)16-12(3)14-10-6-8-13-7-4-5-9-15(13)14/h4-12,16H,1-3H3/t12-/m1/s1. The average molecular weight is 213 g/mol. The lowest BCUT2D eigenvalue weighted by molar-refractivity contribution is 0.508. The van der Waals surface area contributed by atoms with Crippen LogP contribution in [0.4, 0.5) is 0 Å². The highest BCUT2D eigenvalue weighted by atomic mass is 14.9. The molecular weight excluding hydrogens is 194 g/mol. The van der Waals surface area contributed by atoms with Gasteiger partial charge in [0.25, 0.3) is 0 Å². The highest BCUT2D eigenvalue weighted by Gasteiger charge is 2.09. The molecule has 1 heteroatoms. The molecule has 1 atom stereocenters. The van der Waals surface area contributed by atoms with Crippen LogP contribution in [-0.4, -0.2) is 6.04 Å². The molecule has 0 unspecified atom stereocenters. The molecule has 0 spiro atoms. The number of benzene rings is 2. The minimum absolute atomic E-state index is 0.395. The van der Waals surface area contributed by atoms with Gasteiger partial charge in [-0.1, -0.05) is 56.3 Å². The van der Waals surface area contributed by atoms with Crippen LogP contribution < -0.4 is 5.32 Å². The molecule has 1 N–H and O–H groups in total. The van der Waals surface area contributed by atoms with Crippen LogP contribution in [0, 0.1) is 0 Å². The Labute approximate surface area is 97.5 Å². The monoisotopic (exact) mass is 213 g/mol. The Bertz CT molecular complexity index is 468. The van der Waals surface area contributed by atoms with Crippen LogP contribution in [0.15, 0.2) is 42.5 Å². The number of rotatable bonds is 3. The van der Waals surface area contributed by atoms with Crippen LogP contribution in [-0.2, 0) is 0 Å². The fraction of sp³-hybridized carbons (Fsp3) is 0.333. The zero-order valence-electron chi connectivity index (χ0n) is 10.2. The van der Waals surface area contributed by atoms with Crippen molar-refractivity contribution >= 4 is 10.8 Å². The Morgan fingerprint density at radius 1 is 0.875 bits per heavy atom. The number of nitrogens with one attached hydrogen (secondary N) is 1. The van der Waals surface area contributed by atoms with E-state index in [0.29, 0.717) is 12.1 Å². The molecule has 0 radical (unpaired) electrons. The molecular formula is C15H19N. The Balaban J connectivity index is 2.44. The molecule has 0 amide bonds. The van der Waals surface area contributed by atoms with Crippen molar-refractivity contribution in [2.45, 2.75) is 32.9 Å². The summed E-state index contributed by atoms with van der Waals surface area (Å²) in [6.07, 6.45) is 0. The molecule has 0 aliphatic rings. The summed E-state index contributed by atoms with van der Waals surface area (Å²) in [6, 6.07) is 16.0. The Hall–Kier alpha value is -1.34. The largest absolute Gasteiger partial charge is 0.308 e. The van der Waals surface area contributed by atoms with E-state index < -0.39 is 0 Å². The summed E-state index contributed by atoms with van der Waals surface area (Å²) in [5.41, 5.74) is 1.38. The normalized spacial score (nSPS) is 13.2. The maximum atomic E-state index is 3.55. The van der Waals surface area contributed by atoms with Crippen molar-refractivity contribution in [2.75, 3.05) is 0 Å². The van der Waals surface area contributed by atoms with E-state index in [1.165, 1.54) is 16.3 Å². The third-order valence-electron chi connectivity index (χ3n) is 2.87. The first-order chi connectivity index (χ1) is 7.68. The summed E-state index contributed by atoms with van der Waals surface area (Å²) < 4.78 is 0. The highest BCUT2D eigenvalue weighted by Crippen LogP contribution is 2.24. The summed E-state index contributed by atoms with van der Waals surface area (Å²) in [7, 11) is 0. The van der Waals surface area contributed by atoms with E-state index >= 15 is 0 Å². The summed E-state index contributed by atoms with van der Waals surface area (Å²) in [5, 5.41) is 6.22. The molecule has 2 aromatic carbocycles. The lowest BCUT2D eigenvalue weighted by Crippen LogP contribution is -2.26. The van der Waals surface area contributed by atoms with E-state index in [-0.39, 0.29) is 0 Å². The van der Waals surface area contributed by atoms with Gasteiger partial charge in [-0.3, -0.25) is 0 Å². The predicted octanol–water partition coefficient (Wildman–Crippen LogP) is 3.90. The topological polar surface area (TPSA) is 12.0 Å².